The summed E-state index contributed by atoms with van der Waals surface area (Å²) in [5.41, 5.74) is 20.8. The fourth-order valence-corrected chi connectivity index (χ4v) is 10.7. The molecule has 2 aliphatic carbocycles. The zero-order chi connectivity index (χ0) is 40.9. The first-order valence-corrected chi connectivity index (χ1v) is 21.3. The van der Waals surface area contributed by atoms with Gasteiger partial charge in [0.05, 0.1) is 11.1 Å². The van der Waals surface area contributed by atoms with Crippen LogP contribution < -0.4 is 4.90 Å². The van der Waals surface area contributed by atoms with Crippen molar-refractivity contribution in [3.63, 3.8) is 0 Å². The zero-order valence-corrected chi connectivity index (χ0v) is 34.5. The predicted octanol–water partition coefficient (Wildman–Crippen LogP) is 16.0. The summed E-state index contributed by atoms with van der Waals surface area (Å²) in [6.07, 6.45) is 0. The lowest BCUT2D eigenvalue weighted by molar-refractivity contribution is 0.638. The van der Waals surface area contributed by atoms with Gasteiger partial charge in [0.2, 0.25) is 0 Å². The number of benzene rings is 9. The van der Waals surface area contributed by atoms with Crippen LogP contribution in [0.2, 0.25) is 0 Å². The lowest BCUT2D eigenvalue weighted by Gasteiger charge is -2.29. The van der Waals surface area contributed by atoms with Crippen molar-refractivity contribution in [2.45, 2.75) is 31.6 Å². The van der Waals surface area contributed by atoms with Crippen LogP contribution in [-0.4, -0.2) is 0 Å². The highest BCUT2D eigenvalue weighted by Crippen LogP contribution is 2.56. The Morgan fingerprint density at radius 3 is 1.54 bits per heavy atom. The van der Waals surface area contributed by atoms with Crippen LogP contribution in [0.1, 0.15) is 48.6 Å². The van der Waals surface area contributed by atoms with Crippen LogP contribution in [0.5, 0.6) is 0 Å². The maximum atomic E-state index is 7.16. The highest BCUT2D eigenvalue weighted by molar-refractivity contribution is 6.14. The molecule has 0 fully saturated rings. The second-order valence-electron chi connectivity index (χ2n) is 17.4. The molecule has 0 amide bonds. The van der Waals surface area contributed by atoms with E-state index < -0.39 is 5.41 Å². The molecule has 0 aliphatic heterocycles. The molecule has 0 bridgehead atoms. The van der Waals surface area contributed by atoms with Crippen LogP contribution in [0, 0.1) is 0 Å². The van der Waals surface area contributed by atoms with Gasteiger partial charge in [-0.3, -0.25) is 0 Å². The van der Waals surface area contributed by atoms with E-state index in [9.17, 15) is 0 Å². The van der Waals surface area contributed by atoms with Crippen molar-refractivity contribution in [3.8, 4) is 44.5 Å². The molecule has 0 N–H and O–H groups in total. The molecule has 0 saturated heterocycles. The second-order valence-corrected chi connectivity index (χ2v) is 17.4. The molecule has 0 unspecified atom stereocenters. The molecule has 0 saturated carbocycles. The lowest BCUT2D eigenvalue weighted by Crippen LogP contribution is -2.22. The fraction of sp³-hybridized carbons (Fsp3) is 0.0847. The third-order valence-electron chi connectivity index (χ3n) is 13.7. The van der Waals surface area contributed by atoms with Gasteiger partial charge in [-0.25, -0.2) is 0 Å². The minimum Gasteiger partial charge on any atom is -0.456 e. The normalized spacial score (nSPS) is 14.1. The topological polar surface area (TPSA) is 16.4 Å². The lowest BCUT2D eigenvalue weighted by atomic mass is 9.74. The highest BCUT2D eigenvalue weighted by atomic mass is 16.3. The van der Waals surface area contributed by atoms with Crippen LogP contribution in [0.15, 0.2) is 211 Å². The first kappa shape index (κ1) is 35.5. The second kappa shape index (κ2) is 13.3. The summed E-state index contributed by atoms with van der Waals surface area (Å²) in [5, 5.41) is 2.20. The van der Waals surface area contributed by atoms with Crippen LogP contribution in [0.25, 0.3) is 66.4 Å². The van der Waals surface area contributed by atoms with Gasteiger partial charge in [-0.15, -0.1) is 0 Å². The Labute approximate surface area is 357 Å². The first-order chi connectivity index (χ1) is 29.9. The van der Waals surface area contributed by atoms with Gasteiger partial charge < -0.3 is 9.32 Å². The smallest absolute Gasteiger partial charge is 0.139 e. The average molecular weight is 782 g/mol. The van der Waals surface area contributed by atoms with Gasteiger partial charge in [0, 0.05) is 33.2 Å². The van der Waals surface area contributed by atoms with Crippen LogP contribution >= 0.6 is 0 Å². The van der Waals surface area contributed by atoms with E-state index >= 15 is 0 Å². The van der Waals surface area contributed by atoms with E-state index in [1.54, 1.807) is 0 Å². The SMILES string of the molecule is CC1(C)c2ccccc2-c2ccc(N(c3cc(-c4ccccc4)cc(-c4ccccc4)c3)c3cccc4oc5c(C6(C)c7ccccc7-c7ccccc76)cccc5c34)cc21. The molecule has 10 aromatic rings. The van der Waals surface area contributed by atoms with Crippen molar-refractivity contribution in [1.82, 2.24) is 0 Å². The number of rotatable bonds is 6. The number of anilines is 3. The fourth-order valence-electron chi connectivity index (χ4n) is 10.7. The van der Waals surface area contributed by atoms with Gasteiger partial charge in [-0.2, -0.15) is 0 Å². The molecule has 0 atom stereocenters. The Bertz CT molecular complexity index is 3250. The number of nitrogens with zero attached hydrogens (tertiary/aromatic N) is 1. The van der Waals surface area contributed by atoms with E-state index in [-0.39, 0.29) is 5.41 Å². The molecule has 290 valence electrons. The molecule has 0 spiro atoms. The van der Waals surface area contributed by atoms with Crippen molar-refractivity contribution in [2.24, 2.45) is 0 Å². The average Bonchev–Trinajstić information content (AvgIpc) is 3.91. The number of hydrogen-bond donors (Lipinski definition) is 0. The van der Waals surface area contributed by atoms with E-state index in [0.717, 1.165) is 50.1 Å². The van der Waals surface area contributed by atoms with Crippen LogP contribution in [0.3, 0.4) is 0 Å². The van der Waals surface area contributed by atoms with E-state index in [0.29, 0.717) is 0 Å². The van der Waals surface area contributed by atoms with Crippen molar-refractivity contribution in [2.75, 3.05) is 4.90 Å². The monoisotopic (exact) mass is 781 g/mol. The van der Waals surface area contributed by atoms with Gasteiger partial charge in [-0.05, 0) is 116 Å². The molecular weight excluding hydrogens is 739 g/mol. The Hall–Kier alpha value is -7.42. The molecule has 2 nitrogen and oxygen atoms in total. The maximum absolute atomic E-state index is 7.16. The maximum Gasteiger partial charge on any atom is 0.139 e. The molecule has 2 aliphatic rings. The molecular formula is C59H43NO. The Morgan fingerprint density at radius 1 is 0.377 bits per heavy atom. The number of fused-ring (bicyclic) bond motifs is 9. The predicted molar refractivity (Wildman–Crippen MR) is 254 cm³/mol. The number of hydrogen-bond acceptors (Lipinski definition) is 2. The van der Waals surface area contributed by atoms with Crippen LogP contribution in [-0.2, 0) is 10.8 Å². The summed E-state index contributed by atoms with van der Waals surface area (Å²) in [7, 11) is 0. The third kappa shape index (κ3) is 5.22. The van der Waals surface area contributed by atoms with Gasteiger partial charge in [0.15, 0.2) is 0 Å². The number of furan rings is 1. The molecule has 1 heterocycles. The van der Waals surface area contributed by atoms with Gasteiger partial charge in [-0.1, -0.05) is 178 Å². The Morgan fingerprint density at radius 2 is 0.902 bits per heavy atom. The molecule has 12 rings (SSSR count). The molecule has 1 aromatic heterocycles. The molecule has 61 heavy (non-hydrogen) atoms. The Kier molecular flexibility index (Phi) is 7.74. The molecule has 2 heteroatoms. The van der Waals surface area contributed by atoms with E-state index in [1.807, 2.05) is 0 Å². The minimum absolute atomic E-state index is 0.165. The van der Waals surface area contributed by atoms with E-state index in [2.05, 4.69) is 232 Å². The van der Waals surface area contributed by atoms with Gasteiger partial charge in [0.1, 0.15) is 11.2 Å². The molecule has 0 radical (unpaired) electrons. The summed E-state index contributed by atoms with van der Waals surface area (Å²) in [4.78, 5) is 2.48. The van der Waals surface area contributed by atoms with Crippen molar-refractivity contribution >= 4 is 39.0 Å². The summed E-state index contributed by atoms with van der Waals surface area (Å²) in [6, 6.07) is 75.6. The largest absolute Gasteiger partial charge is 0.456 e. The summed E-state index contributed by atoms with van der Waals surface area (Å²) in [5.74, 6) is 0. The Balaban J connectivity index is 1.14. The highest BCUT2D eigenvalue weighted by Gasteiger charge is 2.42. The van der Waals surface area contributed by atoms with Gasteiger partial charge in [0.25, 0.3) is 0 Å². The van der Waals surface area contributed by atoms with Gasteiger partial charge >= 0.3 is 0 Å². The van der Waals surface area contributed by atoms with Crippen molar-refractivity contribution in [3.05, 3.63) is 234 Å². The number of para-hydroxylation sites is 1. The van der Waals surface area contributed by atoms with Crippen molar-refractivity contribution in [1.29, 1.82) is 0 Å². The first-order valence-electron chi connectivity index (χ1n) is 21.3. The summed E-state index contributed by atoms with van der Waals surface area (Å²) >= 11 is 0. The zero-order valence-electron chi connectivity index (χ0n) is 34.5. The van der Waals surface area contributed by atoms with E-state index in [1.165, 1.54) is 61.2 Å². The summed E-state index contributed by atoms with van der Waals surface area (Å²) < 4.78 is 7.16. The molecule has 9 aromatic carbocycles. The van der Waals surface area contributed by atoms with Crippen LogP contribution in [0.4, 0.5) is 17.1 Å². The third-order valence-corrected chi connectivity index (χ3v) is 13.7. The standard InChI is InChI=1S/C59H43NO/c1-58(2)49-26-13-10-22-44(49)47-33-32-42(37-53(47)58)60(43-35-40(38-18-6-4-7-19-38)34-41(36-43)39-20-8-5-9-21-39)54-30-17-31-55-56(54)48-25-16-29-52(57(48)61-55)59(3)50-27-14-11-23-45(50)46-24-12-15-28-51(46)59/h4-37H,1-3H3. The summed E-state index contributed by atoms with van der Waals surface area (Å²) in [6.45, 7) is 7.10. The minimum atomic E-state index is -0.407. The quantitative estimate of drug-likeness (QED) is 0.167. The van der Waals surface area contributed by atoms with Crippen molar-refractivity contribution < 1.29 is 4.42 Å². The van der Waals surface area contributed by atoms with E-state index in [4.69, 9.17) is 4.42 Å².